The Morgan fingerprint density at radius 1 is 1.11 bits per heavy atom. The molecule has 0 aliphatic carbocycles. The van der Waals surface area contributed by atoms with Crippen LogP contribution >= 0.6 is 0 Å². The summed E-state index contributed by atoms with van der Waals surface area (Å²) in [6.45, 7) is 4.54. The molecule has 1 saturated heterocycles. The van der Waals surface area contributed by atoms with Crippen molar-refractivity contribution in [2.75, 3.05) is 36.4 Å². The average Bonchev–Trinajstić information content (AvgIpc) is 3.19. The monoisotopic (exact) mass is 393 g/mol. The second-order valence-corrected chi connectivity index (χ2v) is 6.61. The molecule has 1 amide bonds. The van der Waals surface area contributed by atoms with Crippen LogP contribution in [0.5, 0.6) is 0 Å². The predicted molar refractivity (Wildman–Crippen MR) is 100 cm³/mol. The normalized spacial score (nSPS) is 14.2. The highest BCUT2D eigenvalue weighted by molar-refractivity contribution is 5.94. The van der Waals surface area contributed by atoms with Crippen LogP contribution in [0.3, 0.4) is 0 Å². The van der Waals surface area contributed by atoms with E-state index in [0.29, 0.717) is 24.7 Å². The largest absolute Gasteiger partial charge is 0.416 e. The molecule has 9 heteroatoms. The van der Waals surface area contributed by atoms with Crippen molar-refractivity contribution < 1.29 is 18.0 Å². The van der Waals surface area contributed by atoms with Crippen molar-refractivity contribution in [3.63, 3.8) is 0 Å². The third kappa shape index (κ3) is 5.11. The van der Waals surface area contributed by atoms with Crippen molar-refractivity contribution in [1.29, 1.82) is 0 Å². The predicted octanol–water partition coefficient (Wildman–Crippen LogP) is 3.25. The molecular formula is C19H22F3N5O. The number of carbonyl (C=O) groups excluding carboxylic acids is 1. The van der Waals surface area contributed by atoms with E-state index in [1.165, 1.54) is 12.1 Å². The molecule has 0 saturated carbocycles. The summed E-state index contributed by atoms with van der Waals surface area (Å²) in [5.74, 6) is 1.81. The molecule has 1 aliphatic heterocycles. The highest BCUT2D eigenvalue weighted by Crippen LogP contribution is 2.29. The fourth-order valence-electron chi connectivity index (χ4n) is 3.03. The zero-order valence-electron chi connectivity index (χ0n) is 15.5. The number of nitrogens with one attached hydrogen (secondary N) is 2. The summed E-state index contributed by atoms with van der Waals surface area (Å²) >= 11 is 0. The van der Waals surface area contributed by atoms with E-state index in [9.17, 15) is 18.0 Å². The van der Waals surface area contributed by atoms with Crippen LogP contribution < -0.4 is 15.5 Å². The Morgan fingerprint density at radius 3 is 2.43 bits per heavy atom. The van der Waals surface area contributed by atoms with Gasteiger partial charge in [-0.3, -0.25) is 4.79 Å². The summed E-state index contributed by atoms with van der Waals surface area (Å²) in [7, 11) is 0. The summed E-state index contributed by atoms with van der Waals surface area (Å²) in [5.41, 5.74) is -0.596. The molecule has 0 unspecified atom stereocenters. The molecule has 2 N–H and O–H groups in total. The number of hydrogen-bond acceptors (Lipinski definition) is 5. The van der Waals surface area contributed by atoms with Gasteiger partial charge >= 0.3 is 6.18 Å². The van der Waals surface area contributed by atoms with E-state index in [4.69, 9.17) is 0 Å². The second kappa shape index (κ2) is 8.45. The Morgan fingerprint density at radius 2 is 1.79 bits per heavy atom. The third-order valence-corrected chi connectivity index (χ3v) is 4.45. The van der Waals surface area contributed by atoms with Gasteiger partial charge in [0, 0.05) is 37.8 Å². The standard InChI is InChI=1S/C19H22F3N5O/c1-13-25-16(12-17(26-13)27-10-2-3-11-27)23-8-9-24-18(28)14-4-6-15(7-5-14)19(20,21)22/h4-7,12H,2-3,8-11H2,1H3,(H,24,28)(H,23,25,26). The maximum atomic E-state index is 12.6. The average molecular weight is 393 g/mol. The van der Waals surface area contributed by atoms with E-state index in [1.807, 2.05) is 13.0 Å². The SMILES string of the molecule is Cc1nc(NCCNC(=O)c2ccc(C(F)(F)F)cc2)cc(N2CCCC2)n1. The lowest BCUT2D eigenvalue weighted by Gasteiger charge is -2.17. The summed E-state index contributed by atoms with van der Waals surface area (Å²) in [6.07, 6.45) is -2.11. The molecule has 1 aromatic carbocycles. The summed E-state index contributed by atoms with van der Waals surface area (Å²) in [6, 6.07) is 6.02. The third-order valence-electron chi connectivity index (χ3n) is 4.45. The molecule has 3 rings (SSSR count). The maximum Gasteiger partial charge on any atom is 0.416 e. The van der Waals surface area contributed by atoms with Gasteiger partial charge in [-0.15, -0.1) is 0 Å². The molecule has 150 valence electrons. The van der Waals surface area contributed by atoms with E-state index >= 15 is 0 Å². The van der Waals surface area contributed by atoms with E-state index in [1.54, 1.807) is 0 Å². The number of rotatable bonds is 6. The highest BCUT2D eigenvalue weighted by Gasteiger charge is 2.30. The molecule has 1 aliphatic rings. The molecule has 2 aromatic rings. The first-order valence-electron chi connectivity index (χ1n) is 9.13. The summed E-state index contributed by atoms with van der Waals surface area (Å²) < 4.78 is 37.7. The van der Waals surface area contributed by atoms with Crippen LogP contribution in [0.15, 0.2) is 30.3 Å². The molecule has 0 radical (unpaired) electrons. The first-order valence-corrected chi connectivity index (χ1v) is 9.13. The van der Waals surface area contributed by atoms with Gasteiger partial charge in [-0.2, -0.15) is 13.2 Å². The van der Waals surface area contributed by atoms with Crippen LogP contribution in [0.1, 0.15) is 34.6 Å². The van der Waals surface area contributed by atoms with Crippen LogP contribution in [0.2, 0.25) is 0 Å². The van der Waals surface area contributed by atoms with Gasteiger partial charge in [0.2, 0.25) is 0 Å². The lowest BCUT2D eigenvalue weighted by Crippen LogP contribution is -2.29. The number of carbonyl (C=O) groups is 1. The number of hydrogen-bond donors (Lipinski definition) is 2. The van der Waals surface area contributed by atoms with Crippen LogP contribution in [0.4, 0.5) is 24.8 Å². The minimum atomic E-state index is -4.41. The van der Waals surface area contributed by atoms with Crippen LogP contribution in [0.25, 0.3) is 0 Å². The van der Waals surface area contributed by atoms with E-state index in [2.05, 4.69) is 25.5 Å². The molecule has 0 atom stereocenters. The number of alkyl halides is 3. The molecule has 1 fully saturated rings. The number of amides is 1. The van der Waals surface area contributed by atoms with Crippen molar-refractivity contribution in [3.05, 3.63) is 47.3 Å². The van der Waals surface area contributed by atoms with Crippen molar-refractivity contribution in [3.8, 4) is 0 Å². The van der Waals surface area contributed by atoms with Gasteiger partial charge in [0.1, 0.15) is 17.5 Å². The fourth-order valence-corrected chi connectivity index (χ4v) is 3.03. The van der Waals surface area contributed by atoms with E-state index < -0.39 is 17.6 Å². The Bertz CT molecular complexity index is 817. The van der Waals surface area contributed by atoms with Gasteiger partial charge in [-0.25, -0.2) is 9.97 Å². The Labute approximate surface area is 161 Å². The van der Waals surface area contributed by atoms with Gasteiger partial charge < -0.3 is 15.5 Å². The molecule has 6 nitrogen and oxygen atoms in total. The number of aromatic nitrogens is 2. The minimum Gasteiger partial charge on any atom is -0.368 e. The minimum absolute atomic E-state index is 0.183. The first kappa shape index (κ1) is 19.9. The molecule has 28 heavy (non-hydrogen) atoms. The van der Waals surface area contributed by atoms with Gasteiger partial charge in [0.25, 0.3) is 5.91 Å². The second-order valence-electron chi connectivity index (χ2n) is 6.61. The van der Waals surface area contributed by atoms with Gasteiger partial charge in [-0.05, 0) is 44.0 Å². The Hall–Kier alpha value is -2.84. The first-order chi connectivity index (χ1) is 13.3. The molecular weight excluding hydrogens is 371 g/mol. The van der Waals surface area contributed by atoms with Crippen LogP contribution in [0, 0.1) is 6.92 Å². The van der Waals surface area contributed by atoms with Gasteiger partial charge in [0.15, 0.2) is 0 Å². The van der Waals surface area contributed by atoms with E-state index in [0.717, 1.165) is 43.9 Å². The lowest BCUT2D eigenvalue weighted by molar-refractivity contribution is -0.137. The molecule has 0 bridgehead atoms. The highest BCUT2D eigenvalue weighted by atomic mass is 19.4. The fraction of sp³-hybridized carbons (Fsp3) is 0.421. The maximum absolute atomic E-state index is 12.6. The summed E-state index contributed by atoms with van der Waals surface area (Å²) in [4.78, 5) is 23.1. The van der Waals surface area contributed by atoms with Crippen molar-refractivity contribution in [2.45, 2.75) is 25.9 Å². The topological polar surface area (TPSA) is 70.2 Å². The van der Waals surface area contributed by atoms with Gasteiger partial charge in [0.05, 0.1) is 5.56 Å². The van der Waals surface area contributed by atoms with Crippen molar-refractivity contribution >= 4 is 17.5 Å². The quantitative estimate of drug-likeness (QED) is 0.738. The smallest absolute Gasteiger partial charge is 0.368 e. The number of aryl methyl sites for hydroxylation is 1. The summed E-state index contributed by atoms with van der Waals surface area (Å²) in [5, 5.41) is 5.82. The van der Waals surface area contributed by atoms with Crippen LogP contribution in [-0.2, 0) is 6.18 Å². The number of benzene rings is 1. The molecule has 1 aromatic heterocycles. The molecule has 2 heterocycles. The van der Waals surface area contributed by atoms with Crippen LogP contribution in [-0.4, -0.2) is 42.1 Å². The zero-order chi connectivity index (χ0) is 20.1. The van der Waals surface area contributed by atoms with Gasteiger partial charge in [-0.1, -0.05) is 0 Å². The molecule has 0 spiro atoms. The van der Waals surface area contributed by atoms with Crippen molar-refractivity contribution in [2.24, 2.45) is 0 Å². The Kier molecular flexibility index (Phi) is 6.01. The van der Waals surface area contributed by atoms with E-state index in [-0.39, 0.29) is 5.56 Å². The number of halogens is 3. The zero-order valence-corrected chi connectivity index (χ0v) is 15.5. The Balaban J connectivity index is 1.49. The van der Waals surface area contributed by atoms with Crippen molar-refractivity contribution in [1.82, 2.24) is 15.3 Å². The number of anilines is 2. The number of nitrogens with zero attached hydrogens (tertiary/aromatic N) is 3. The lowest BCUT2D eigenvalue weighted by atomic mass is 10.1.